The van der Waals surface area contributed by atoms with Crippen molar-refractivity contribution in [2.24, 2.45) is 5.41 Å². The van der Waals surface area contributed by atoms with Crippen molar-refractivity contribution in [2.75, 3.05) is 18.4 Å². The molecular weight excluding hydrogens is 276 g/mol. The Morgan fingerprint density at radius 1 is 1.05 bits per heavy atom. The van der Waals surface area contributed by atoms with Gasteiger partial charge in [0.05, 0.1) is 0 Å². The van der Waals surface area contributed by atoms with Crippen LogP contribution in [0.3, 0.4) is 0 Å². The summed E-state index contributed by atoms with van der Waals surface area (Å²) in [5, 5.41) is 2.95. The second-order valence-electron chi connectivity index (χ2n) is 6.70. The molecule has 1 aliphatic heterocycles. The lowest BCUT2D eigenvalue weighted by atomic mass is 9.89. The fraction of sp³-hybridized carbons (Fsp3) is 0.556. The zero-order valence-electron chi connectivity index (χ0n) is 14.0. The molecule has 120 valence electrons. The van der Waals surface area contributed by atoms with Crippen molar-refractivity contribution >= 4 is 17.5 Å². The maximum absolute atomic E-state index is 12.7. The Bertz CT molecular complexity index is 552. The average Bonchev–Trinajstić information content (AvgIpc) is 2.51. The van der Waals surface area contributed by atoms with Gasteiger partial charge in [-0.05, 0) is 58.1 Å². The van der Waals surface area contributed by atoms with Gasteiger partial charge in [-0.25, -0.2) is 0 Å². The molecule has 0 aromatic heterocycles. The summed E-state index contributed by atoms with van der Waals surface area (Å²) < 4.78 is 0. The second-order valence-corrected chi connectivity index (χ2v) is 6.70. The normalized spacial score (nSPS) is 15.5. The first-order valence-corrected chi connectivity index (χ1v) is 8.01. The summed E-state index contributed by atoms with van der Waals surface area (Å²) in [5.74, 6) is -0.309. The van der Waals surface area contributed by atoms with E-state index in [2.05, 4.69) is 5.32 Å². The van der Waals surface area contributed by atoms with Crippen LogP contribution < -0.4 is 5.32 Å². The van der Waals surface area contributed by atoms with Crippen molar-refractivity contribution < 1.29 is 9.59 Å². The molecule has 1 aliphatic rings. The third kappa shape index (κ3) is 3.32. The molecule has 1 N–H and O–H groups in total. The van der Waals surface area contributed by atoms with Gasteiger partial charge in [0.2, 0.25) is 11.8 Å². The molecule has 1 aromatic carbocycles. The van der Waals surface area contributed by atoms with E-state index in [1.165, 1.54) is 6.42 Å². The monoisotopic (exact) mass is 302 g/mol. The number of nitrogens with zero attached hydrogens (tertiary/aromatic N) is 1. The summed E-state index contributed by atoms with van der Waals surface area (Å²) >= 11 is 0. The lowest BCUT2D eigenvalue weighted by Gasteiger charge is -2.33. The molecule has 0 radical (unpaired) electrons. The molecule has 0 bridgehead atoms. The van der Waals surface area contributed by atoms with Gasteiger partial charge in [-0.15, -0.1) is 0 Å². The maximum Gasteiger partial charge on any atom is 0.239 e. The van der Waals surface area contributed by atoms with Gasteiger partial charge in [0.1, 0.15) is 5.41 Å². The van der Waals surface area contributed by atoms with E-state index in [0.717, 1.165) is 42.7 Å². The molecule has 0 aliphatic carbocycles. The quantitative estimate of drug-likeness (QED) is 0.871. The highest BCUT2D eigenvalue weighted by Crippen LogP contribution is 2.26. The highest BCUT2D eigenvalue weighted by Gasteiger charge is 2.39. The lowest BCUT2D eigenvalue weighted by molar-refractivity contribution is -0.147. The van der Waals surface area contributed by atoms with Crippen molar-refractivity contribution in [3.8, 4) is 0 Å². The van der Waals surface area contributed by atoms with Crippen LogP contribution >= 0.6 is 0 Å². The lowest BCUT2D eigenvalue weighted by Crippen LogP contribution is -2.49. The highest BCUT2D eigenvalue weighted by molar-refractivity contribution is 6.10. The van der Waals surface area contributed by atoms with Crippen LogP contribution in [0.25, 0.3) is 0 Å². The minimum atomic E-state index is -1.05. The summed E-state index contributed by atoms with van der Waals surface area (Å²) in [6.45, 7) is 8.88. The number of aryl methyl sites for hydroxylation is 2. The van der Waals surface area contributed by atoms with E-state index in [9.17, 15) is 9.59 Å². The summed E-state index contributed by atoms with van der Waals surface area (Å²) in [6.07, 6.45) is 3.22. The first-order valence-electron chi connectivity index (χ1n) is 8.01. The minimum absolute atomic E-state index is 0.0732. The van der Waals surface area contributed by atoms with Gasteiger partial charge in [-0.1, -0.05) is 18.2 Å². The van der Waals surface area contributed by atoms with E-state index in [4.69, 9.17) is 0 Å². The summed E-state index contributed by atoms with van der Waals surface area (Å²) in [7, 11) is 0. The van der Waals surface area contributed by atoms with Crippen molar-refractivity contribution in [1.82, 2.24) is 4.90 Å². The Morgan fingerprint density at radius 2 is 1.59 bits per heavy atom. The van der Waals surface area contributed by atoms with Crippen LogP contribution in [-0.4, -0.2) is 29.8 Å². The fourth-order valence-electron chi connectivity index (χ4n) is 2.87. The molecule has 0 unspecified atom stereocenters. The van der Waals surface area contributed by atoms with Gasteiger partial charge in [0, 0.05) is 18.8 Å². The number of hydrogen-bond acceptors (Lipinski definition) is 2. The van der Waals surface area contributed by atoms with Crippen molar-refractivity contribution in [3.05, 3.63) is 29.3 Å². The Kier molecular flexibility index (Phi) is 4.89. The first kappa shape index (κ1) is 16.5. The molecule has 1 heterocycles. The predicted molar refractivity (Wildman–Crippen MR) is 88.8 cm³/mol. The molecular formula is C18H26N2O2. The Balaban J connectivity index is 2.14. The van der Waals surface area contributed by atoms with Crippen LogP contribution in [0.2, 0.25) is 0 Å². The number of anilines is 1. The zero-order valence-corrected chi connectivity index (χ0v) is 14.0. The second kappa shape index (κ2) is 6.51. The minimum Gasteiger partial charge on any atom is -0.342 e. The van der Waals surface area contributed by atoms with E-state index >= 15 is 0 Å². The number of benzene rings is 1. The molecule has 4 nitrogen and oxygen atoms in total. The van der Waals surface area contributed by atoms with Gasteiger partial charge in [-0.2, -0.15) is 0 Å². The van der Waals surface area contributed by atoms with E-state index in [1.807, 2.05) is 36.9 Å². The van der Waals surface area contributed by atoms with E-state index in [0.29, 0.717) is 0 Å². The van der Waals surface area contributed by atoms with Gasteiger partial charge in [0.25, 0.3) is 0 Å². The van der Waals surface area contributed by atoms with Crippen LogP contribution in [0.5, 0.6) is 0 Å². The molecule has 4 heteroatoms. The molecule has 1 aromatic rings. The van der Waals surface area contributed by atoms with E-state index < -0.39 is 5.41 Å². The Labute approximate surface area is 132 Å². The molecule has 2 rings (SSSR count). The summed E-state index contributed by atoms with van der Waals surface area (Å²) in [6, 6.07) is 5.88. The largest absolute Gasteiger partial charge is 0.342 e. The Hall–Kier alpha value is -1.84. The number of rotatable bonds is 3. The topological polar surface area (TPSA) is 49.4 Å². The van der Waals surface area contributed by atoms with Gasteiger partial charge in [-0.3, -0.25) is 9.59 Å². The molecule has 2 amide bonds. The SMILES string of the molecule is Cc1cccc(C)c1NC(=O)C(C)(C)C(=O)N1CCCCC1. The highest BCUT2D eigenvalue weighted by atomic mass is 16.2. The third-order valence-corrected chi connectivity index (χ3v) is 4.47. The molecule has 1 saturated heterocycles. The standard InChI is InChI=1S/C18H26N2O2/c1-13-9-8-10-14(2)15(13)19-16(21)18(3,4)17(22)20-11-6-5-7-12-20/h8-10H,5-7,11-12H2,1-4H3,(H,19,21). The zero-order chi connectivity index (χ0) is 16.3. The van der Waals surface area contributed by atoms with Crippen molar-refractivity contribution in [2.45, 2.75) is 47.0 Å². The molecule has 1 fully saturated rings. The smallest absolute Gasteiger partial charge is 0.239 e. The van der Waals surface area contributed by atoms with E-state index in [-0.39, 0.29) is 11.8 Å². The maximum atomic E-state index is 12.7. The number of nitrogens with one attached hydrogen (secondary N) is 1. The van der Waals surface area contributed by atoms with Crippen LogP contribution in [-0.2, 0) is 9.59 Å². The van der Waals surface area contributed by atoms with Crippen LogP contribution in [0.15, 0.2) is 18.2 Å². The predicted octanol–water partition coefficient (Wildman–Crippen LogP) is 3.28. The average molecular weight is 302 g/mol. The molecule has 0 saturated carbocycles. The van der Waals surface area contributed by atoms with Crippen LogP contribution in [0, 0.1) is 19.3 Å². The van der Waals surface area contributed by atoms with Gasteiger partial charge >= 0.3 is 0 Å². The number of hydrogen-bond donors (Lipinski definition) is 1. The number of amides is 2. The molecule has 22 heavy (non-hydrogen) atoms. The number of para-hydroxylation sites is 1. The van der Waals surface area contributed by atoms with Gasteiger partial charge in [0.15, 0.2) is 0 Å². The van der Waals surface area contributed by atoms with Crippen LogP contribution in [0.1, 0.15) is 44.2 Å². The van der Waals surface area contributed by atoms with Crippen molar-refractivity contribution in [3.63, 3.8) is 0 Å². The number of piperidine rings is 1. The third-order valence-electron chi connectivity index (χ3n) is 4.47. The number of carbonyl (C=O) groups is 2. The van der Waals surface area contributed by atoms with Crippen molar-refractivity contribution in [1.29, 1.82) is 0 Å². The first-order chi connectivity index (χ1) is 10.3. The Morgan fingerprint density at radius 3 is 2.14 bits per heavy atom. The van der Waals surface area contributed by atoms with Gasteiger partial charge < -0.3 is 10.2 Å². The summed E-state index contributed by atoms with van der Waals surface area (Å²) in [4.78, 5) is 27.2. The van der Waals surface area contributed by atoms with Crippen LogP contribution in [0.4, 0.5) is 5.69 Å². The fourth-order valence-corrected chi connectivity index (χ4v) is 2.87. The summed E-state index contributed by atoms with van der Waals surface area (Å²) in [5.41, 5.74) is 1.78. The number of likely N-dealkylation sites (tertiary alicyclic amines) is 1. The molecule has 0 spiro atoms. The molecule has 0 atom stereocenters. The number of carbonyl (C=O) groups excluding carboxylic acids is 2. The van der Waals surface area contributed by atoms with E-state index in [1.54, 1.807) is 13.8 Å².